The Balaban J connectivity index is 1.55. The van der Waals surface area contributed by atoms with Gasteiger partial charge in [0.25, 0.3) is 5.91 Å². The average molecular weight is 461 g/mol. The first-order chi connectivity index (χ1) is 14.8. The number of nitrogens with zero attached hydrogens (tertiary/aromatic N) is 1. The van der Waals surface area contributed by atoms with Gasteiger partial charge in [-0.15, -0.1) is 13.2 Å². The molecule has 1 aliphatic heterocycles. The zero-order valence-electron chi connectivity index (χ0n) is 15.8. The van der Waals surface area contributed by atoms with Crippen molar-refractivity contribution in [2.75, 3.05) is 0 Å². The molecule has 2 aromatic carbocycles. The molecule has 0 aliphatic carbocycles. The second-order valence-electron chi connectivity index (χ2n) is 6.50. The number of rotatable bonds is 5. The first kappa shape index (κ1) is 21.2. The number of para-hydroxylation sites is 1. The van der Waals surface area contributed by atoms with Gasteiger partial charge in [-0.1, -0.05) is 66.4 Å². The molecule has 0 unspecified atom stereocenters. The van der Waals surface area contributed by atoms with Gasteiger partial charge in [0.05, 0.1) is 17.0 Å². The maximum atomic E-state index is 12.8. The molecule has 158 valence electrons. The van der Waals surface area contributed by atoms with E-state index < -0.39 is 6.36 Å². The molecule has 0 N–H and O–H groups in total. The summed E-state index contributed by atoms with van der Waals surface area (Å²) in [5.41, 5.74) is 1.10. The highest BCUT2D eigenvalue weighted by Gasteiger charge is 2.33. The maximum Gasteiger partial charge on any atom is 0.573 e. The fraction of sp³-hybridized carbons (Fsp3) is 0.0909. The van der Waals surface area contributed by atoms with Crippen molar-refractivity contribution >= 4 is 40.3 Å². The van der Waals surface area contributed by atoms with E-state index in [4.69, 9.17) is 16.6 Å². The Morgan fingerprint density at radius 2 is 1.74 bits per heavy atom. The summed E-state index contributed by atoms with van der Waals surface area (Å²) in [7, 11) is 0. The summed E-state index contributed by atoms with van der Waals surface area (Å²) in [6.07, 6.45) is -3.29. The minimum absolute atomic E-state index is 0.149. The van der Waals surface area contributed by atoms with Gasteiger partial charge in [0.1, 0.15) is 21.6 Å². The number of carbonyl (C=O) groups is 1. The van der Waals surface area contributed by atoms with Gasteiger partial charge in [-0.05, 0) is 29.8 Å². The molecule has 0 spiro atoms. The summed E-state index contributed by atoms with van der Waals surface area (Å²) < 4.78 is 48.2. The molecule has 2 heterocycles. The Morgan fingerprint density at radius 1 is 1.03 bits per heavy atom. The molecule has 0 bridgehead atoms. The van der Waals surface area contributed by atoms with Crippen LogP contribution >= 0.6 is 24.0 Å². The monoisotopic (exact) mass is 461 g/mol. The van der Waals surface area contributed by atoms with Crippen LogP contribution in [0.15, 0.2) is 76.1 Å². The smallest absolute Gasteiger partial charge is 0.457 e. The van der Waals surface area contributed by atoms with Gasteiger partial charge >= 0.3 is 6.36 Å². The van der Waals surface area contributed by atoms with Crippen molar-refractivity contribution in [2.45, 2.75) is 12.9 Å². The van der Waals surface area contributed by atoms with Crippen LogP contribution in [-0.2, 0) is 11.3 Å². The van der Waals surface area contributed by atoms with E-state index in [-0.39, 0.29) is 23.0 Å². The quantitative estimate of drug-likeness (QED) is 0.332. The van der Waals surface area contributed by atoms with E-state index in [9.17, 15) is 18.0 Å². The molecule has 0 atom stereocenters. The molecule has 1 aromatic heterocycles. The lowest BCUT2D eigenvalue weighted by molar-refractivity contribution is -0.274. The number of amides is 1. The lowest BCUT2D eigenvalue weighted by atomic mass is 10.1. The molecule has 1 amide bonds. The number of ether oxygens (including phenoxy) is 1. The van der Waals surface area contributed by atoms with Gasteiger partial charge in [0, 0.05) is 6.08 Å². The van der Waals surface area contributed by atoms with E-state index in [1.54, 1.807) is 12.1 Å². The number of hydrogen-bond acceptors (Lipinski definition) is 5. The zero-order valence-corrected chi connectivity index (χ0v) is 17.4. The van der Waals surface area contributed by atoms with Crippen molar-refractivity contribution in [1.82, 2.24) is 4.90 Å². The van der Waals surface area contributed by atoms with Gasteiger partial charge in [-0.3, -0.25) is 9.69 Å². The third-order valence-electron chi connectivity index (χ3n) is 4.34. The van der Waals surface area contributed by atoms with Crippen LogP contribution in [0.25, 0.3) is 17.4 Å². The first-order valence-electron chi connectivity index (χ1n) is 9.04. The minimum atomic E-state index is -4.82. The number of furan rings is 1. The fourth-order valence-electron chi connectivity index (χ4n) is 2.99. The number of halogens is 3. The summed E-state index contributed by atoms with van der Waals surface area (Å²) in [5.74, 6) is -0.120. The normalized spacial score (nSPS) is 15.7. The molecule has 9 heteroatoms. The van der Waals surface area contributed by atoms with Crippen molar-refractivity contribution in [1.29, 1.82) is 0 Å². The molecule has 1 fully saturated rings. The molecular formula is C22H14F3NO3S2. The highest BCUT2D eigenvalue weighted by molar-refractivity contribution is 8.26. The highest BCUT2D eigenvalue weighted by Crippen LogP contribution is 2.37. The van der Waals surface area contributed by atoms with Crippen molar-refractivity contribution in [3.63, 3.8) is 0 Å². The fourth-order valence-corrected chi connectivity index (χ4v) is 4.23. The average Bonchev–Trinajstić information content (AvgIpc) is 3.28. The molecule has 4 rings (SSSR count). The Bertz CT molecular complexity index is 1160. The number of alkyl halides is 3. The van der Waals surface area contributed by atoms with Crippen molar-refractivity contribution in [3.8, 4) is 17.1 Å². The van der Waals surface area contributed by atoms with Gasteiger partial charge in [-0.25, -0.2) is 0 Å². The van der Waals surface area contributed by atoms with Gasteiger partial charge < -0.3 is 9.15 Å². The molecule has 31 heavy (non-hydrogen) atoms. The Hall–Kier alpha value is -3.04. The Labute approximate surface area is 185 Å². The standard InChI is InChI=1S/C22H14F3NO3S2/c23-22(24,25)29-18-9-5-4-8-16(18)17-11-10-15(28-17)12-19-20(27)26(21(30)31-19)13-14-6-2-1-3-7-14/h1-12H,13H2/b19-12+. The van der Waals surface area contributed by atoms with Crippen LogP contribution in [0.5, 0.6) is 5.75 Å². The number of benzene rings is 2. The molecule has 4 nitrogen and oxygen atoms in total. The number of hydrogen-bond donors (Lipinski definition) is 0. The van der Waals surface area contributed by atoms with Gasteiger partial charge in [0.2, 0.25) is 0 Å². The molecule has 0 radical (unpaired) electrons. The summed E-state index contributed by atoms with van der Waals surface area (Å²) in [6.45, 7) is 0.356. The van der Waals surface area contributed by atoms with Crippen LogP contribution in [0.4, 0.5) is 13.2 Å². The van der Waals surface area contributed by atoms with Crippen LogP contribution in [0.2, 0.25) is 0 Å². The van der Waals surface area contributed by atoms with Crippen LogP contribution in [0, 0.1) is 0 Å². The maximum absolute atomic E-state index is 12.8. The van der Waals surface area contributed by atoms with E-state index in [0.717, 1.165) is 17.3 Å². The van der Waals surface area contributed by atoms with Crippen LogP contribution in [-0.4, -0.2) is 21.5 Å². The van der Waals surface area contributed by atoms with E-state index in [2.05, 4.69) is 4.74 Å². The molecule has 3 aromatic rings. The first-order valence-corrected chi connectivity index (χ1v) is 10.3. The molecule has 1 aliphatic rings. The van der Waals surface area contributed by atoms with E-state index in [1.807, 2.05) is 30.3 Å². The summed E-state index contributed by atoms with van der Waals surface area (Å²) in [6, 6.07) is 18.2. The lowest BCUT2D eigenvalue weighted by Gasteiger charge is -2.14. The predicted octanol–water partition coefficient (Wildman–Crippen LogP) is 6.25. The third kappa shape index (κ3) is 5.00. The minimum Gasteiger partial charge on any atom is -0.457 e. The summed E-state index contributed by atoms with van der Waals surface area (Å²) >= 11 is 6.48. The SMILES string of the molecule is O=C1/C(=C\c2ccc(-c3ccccc3OC(F)(F)F)o2)SC(=S)N1Cc1ccccc1. The van der Waals surface area contributed by atoms with Crippen molar-refractivity contribution < 1.29 is 27.1 Å². The van der Waals surface area contributed by atoms with E-state index >= 15 is 0 Å². The second kappa shape index (κ2) is 8.60. The van der Waals surface area contributed by atoms with Crippen LogP contribution < -0.4 is 4.74 Å². The second-order valence-corrected chi connectivity index (χ2v) is 8.18. The Kier molecular flexibility index (Phi) is 5.88. The van der Waals surface area contributed by atoms with E-state index in [0.29, 0.717) is 21.5 Å². The number of carbonyl (C=O) groups excluding carboxylic acids is 1. The highest BCUT2D eigenvalue weighted by atomic mass is 32.2. The lowest BCUT2D eigenvalue weighted by Crippen LogP contribution is -2.27. The summed E-state index contributed by atoms with van der Waals surface area (Å²) in [5, 5.41) is 0. The zero-order chi connectivity index (χ0) is 22.0. The molecular weight excluding hydrogens is 447 g/mol. The largest absolute Gasteiger partial charge is 0.573 e. The number of thioether (sulfide) groups is 1. The van der Waals surface area contributed by atoms with Crippen LogP contribution in [0.3, 0.4) is 0 Å². The van der Waals surface area contributed by atoms with Gasteiger partial charge in [-0.2, -0.15) is 0 Å². The Morgan fingerprint density at radius 3 is 2.48 bits per heavy atom. The third-order valence-corrected chi connectivity index (χ3v) is 5.71. The van der Waals surface area contributed by atoms with Crippen molar-refractivity contribution in [3.05, 3.63) is 83.0 Å². The van der Waals surface area contributed by atoms with E-state index in [1.165, 1.54) is 35.2 Å². The topological polar surface area (TPSA) is 42.7 Å². The molecule has 0 saturated carbocycles. The van der Waals surface area contributed by atoms with Crippen molar-refractivity contribution in [2.24, 2.45) is 0 Å². The van der Waals surface area contributed by atoms with Crippen LogP contribution in [0.1, 0.15) is 11.3 Å². The number of thiocarbonyl (C=S) groups is 1. The summed E-state index contributed by atoms with van der Waals surface area (Å²) in [4.78, 5) is 14.6. The predicted molar refractivity (Wildman–Crippen MR) is 116 cm³/mol. The molecule has 1 saturated heterocycles. The van der Waals surface area contributed by atoms with Gasteiger partial charge in [0.15, 0.2) is 0 Å².